The first kappa shape index (κ1) is 22.1. The third-order valence-electron chi connectivity index (χ3n) is 7.28. The fraction of sp³-hybridized carbons (Fsp3) is 0. The molecule has 0 radical (unpaired) electrons. The molecule has 0 bridgehead atoms. The first-order valence-corrected chi connectivity index (χ1v) is 12.8. The average molecular weight is 485 g/mol. The minimum Gasteiger partial charge on any atom is -0.265 e. The van der Waals surface area contributed by atoms with E-state index in [-0.39, 0.29) is 0 Å². The van der Waals surface area contributed by atoms with Crippen LogP contribution >= 0.6 is 0 Å². The van der Waals surface area contributed by atoms with Crippen LogP contribution in [-0.2, 0) is 0 Å². The predicted octanol–water partition coefficient (Wildman–Crippen LogP) is 9.45. The molecule has 178 valence electrons. The summed E-state index contributed by atoms with van der Waals surface area (Å²) in [5.41, 5.74) is 9.68. The molecule has 0 aliphatic heterocycles. The summed E-state index contributed by atoms with van der Waals surface area (Å²) in [6.07, 6.45) is 7.38. The SMILES string of the molecule is c1cc(-c2ccncc2)cc(-c2c3ccccc3c(-c3ccc(-c4ccncc4)cc3)c3ccccc23)c1. The van der Waals surface area contributed by atoms with E-state index in [4.69, 9.17) is 0 Å². The molecule has 0 atom stereocenters. The Hall–Kier alpha value is -5.08. The van der Waals surface area contributed by atoms with Gasteiger partial charge in [0, 0.05) is 24.8 Å². The summed E-state index contributed by atoms with van der Waals surface area (Å²) < 4.78 is 0. The fourth-order valence-corrected chi connectivity index (χ4v) is 5.52. The summed E-state index contributed by atoms with van der Waals surface area (Å²) >= 11 is 0. The fourth-order valence-electron chi connectivity index (χ4n) is 5.52. The van der Waals surface area contributed by atoms with Gasteiger partial charge >= 0.3 is 0 Å². The molecule has 7 aromatic rings. The molecule has 0 spiro atoms. The van der Waals surface area contributed by atoms with Crippen LogP contribution in [0.3, 0.4) is 0 Å². The van der Waals surface area contributed by atoms with E-state index in [1.54, 1.807) is 0 Å². The number of nitrogens with zero attached hydrogens (tertiary/aromatic N) is 2. The van der Waals surface area contributed by atoms with Crippen molar-refractivity contribution < 1.29 is 0 Å². The van der Waals surface area contributed by atoms with Gasteiger partial charge in [0.2, 0.25) is 0 Å². The average Bonchev–Trinajstić information content (AvgIpc) is 3.01. The molecule has 2 heterocycles. The molecular formula is C36H24N2. The quantitative estimate of drug-likeness (QED) is 0.233. The number of rotatable bonds is 4. The highest BCUT2D eigenvalue weighted by Crippen LogP contribution is 2.44. The van der Waals surface area contributed by atoms with Gasteiger partial charge in [-0.2, -0.15) is 0 Å². The first-order valence-electron chi connectivity index (χ1n) is 12.8. The standard InChI is InChI=1S/C36H24N2/c1-3-10-33-31(8-1)35(28-14-12-25(13-15-28)26-16-20-37-21-17-26)32-9-2-4-11-34(32)36(33)30-7-5-6-29(24-30)27-18-22-38-23-19-27/h1-24H. The molecule has 7 rings (SSSR count). The third kappa shape index (κ3) is 3.84. The van der Waals surface area contributed by atoms with Crippen molar-refractivity contribution >= 4 is 21.5 Å². The number of fused-ring (bicyclic) bond motifs is 2. The maximum absolute atomic E-state index is 4.19. The summed E-state index contributed by atoms with van der Waals surface area (Å²) in [5.74, 6) is 0. The van der Waals surface area contributed by atoms with Crippen LogP contribution in [0.25, 0.3) is 66.1 Å². The van der Waals surface area contributed by atoms with Crippen molar-refractivity contribution in [1.82, 2.24) is 9.97 Å². The normalized spacial score (nSPS) is 11.2. The lowest BCUT2D eigenvalue weighted by molar-refractivity contribution is 1.33. The zero-order valence-electron chi connectivity index (χ0n) is 20.8. The Morgan fingerprint density at radius 2 is 0.684 bits per heavy atom. The summed E-state index contributed by atoms with van der Waals surface area (Å²) in [7, 11) is 0. The lowest BCUT2D eigenvalue weighted by atomic mass is 9.85. The van der Waals surface area contributed by atoms with Gasteiger partial charge in [-0.1, -0.05) is 91.0 Å². The van der Waals surface area contributed by atoms with Gasteiger partial charge in [0.25, 0.3) is 0 Å². The number of hydrogen-bond donors (Lipinski definition) is 0. The van der Waals surface area contributed by atoms with Crippen molar-refractivity contribution in [3.05, 3.63) is 146 Å². The highest BCUT2D eigenvalue weighted by Gasteiger charge is 2.16. The zero-order chi connectivity index (χ0) is 25.3. The molecule has 0 aliphatic carbocycles. The van der Waals surface area contributed by atoms with Crippen molar-refractivity contribution in [3.63, 3.8) is 0 Å². The maximum atomic E-state index is 4.19. The van der Waals surface area contributed by atoms with Crippen LogP contribution in [0.4, 0.5) is 0 Å². The Morgan fingerprint density at radius 1 is 0.289 bits per heavy atom. The van der Waals surface area contributed by atoms with Gasteiger partial charge in [-0.15, -0.1) is 0 Å². The van der Waals surface area contributed by atoms with Crippen LogP contribution in [0.1, 0.15) is 0 Å². The summed E-state index contributed by atoms with van der Waals surface area (Å²) in [4.78, 5) is 8.35. The first-order chi connectivity index (χ1) is 18.9. The molecule has 5 aromatic carbocycles. The second-order valence-corrected chi connectivity index (χ2v) is 9.47. The second kappa shape index (κ2) is 9.42. The smallest absolute Gasteiger partial charge is 0.0273 e. The van der Waals surface area contributed by atoms with Gasteiger partial charge in [-0.3, -0.25) is 9.97 Å². The topological polar surface area (TPSA) is 25.8 Å². The Kier molecular flexibility index (Phi) is 5.49. The number of pyridine rings is 2. The van der Waals surface area contributed by atoms with Crippen LogP contribution in [0.15, 0.2) is 146 Å². The van der Waals surface area contributed by atoms with E-state index in [0.29, 0.717) is 0 Å². The highest BCUT2D eigenvalue weighted by molar-refractivity contribution is 6.21. The molecule has 0 aliphatic rings. The molecule has 0 unspecified atom stereocenters. The molecule has 2 nitrogen and oxygen atoms in total. The van der Waals surface area contributed by atoms with E-state index in [0.717, 1.165) is 0 Å². The zero-order valence-corrected chi connectivity index (χ0v) is 20.8. The molecule has 38 heavy (non-hydrogen) atoms. The molecule has 0 fully saturated rings. The Morgan fingerprint density at radius 3 is 1.21 bits per heavy atom. The van der Waals surface area contributed by atoms with Crippen LogP contribution in [0, 0.1) is 0 Å². The van der Waals surface area contributed by atoms with Crippen molar-refractivity contribution in [1.29, 1.82) is 0 Å². The minimum atomic E-state index is 1.17. The Labute approximate surface area is 221 Å². The lowest BCUT2D eigenvalue weighted by Crippen LogP contribution is -1.91. The van der Waals surface area contributed by atoms with Gasteiger partial charge in [0.05, 0.1) is 0 Å². The number of aromatic nitrogens is 2. The van der Waals surface area contributed by atoms with Gasteiger partial charge in [0.15, 0.2) is 0 Å². The van der Waals surface area contributed by atoms with Gasteiger partial charge in [0.1, 0.15) is 0 Å². The molecule has 2 heteroatoms. The van der Waals surface area contributed by atoms with Crippen molar-refractivity contribution in [3.8, 4) is 44.5 Å². The third-order valence-corrected chi connectivity index (χ3v) is 7.28. The van der Waals surface area contributed by atoms with Crippen molar-refractivity contribution in [2.75, 3.05) is 0 Å². The van der Waals surface area contributed by atoms with Gasteiger partial charge < -0.3 is 0 Å². The van der Waals surface area contributed by atoms with Crippen LogP contribution < -0.4 is 0 Å². The molecule has 0 saturated carbocycles. The Balaban J connectivity index is 1.47. The highest BCUT2D eigenvalue weighted by atomic mass is 14.6. The van der Waals surface area contributed by atoms with Crippen molar-refractivity contribution in [2.45, 2.75) is 0 Å². The monoisotopic (exact) mass is 484 g/mol. The molecular weight excluding hydrogens is 460 g/mol. The number of benzene rings is 5. The summed E-state index contributed by atoms with van der Waals surface area (Å²) in [6, 6.07) is 43.6. The van der Waals surface area contributed by atoms with Crippen LogP contribution in [0.5, 0.6) is 0 Å². The molecule has 0 amide bonds. The second-order valence-electron chi connectivity index (χ2n) is 9.47. The van der Waals surface area contributed by atoms with Crippen molar-refractivity contribution in [2.24, 2.45) is 0 Å². The predicted molar refractivity (Wildman–Crippen MR) is 159 cm³/mol. The lowest BCUT2D eigenvalue weighted by Gasteiger charge is -2.18. The van der Waals surface area contributed by atoms with Gasteiger partial charge in [-0.05, 0) is 96.4 Å². The number of hydrogen-bond acceptors (Lipinski definition) is 2. The van der Waals surface area contributed by atoms with E-state index in [9.17, 15) is 0 Å². The Bertz CT molecular complexity index is 1830. The molecule has 0 saturated heterocycles. The van der Waals surface area contributed by atoms with Crippen LogP contribution in [0.2, 0.25) is 0 Å². The van der Waals surface area contributed by atoms with E-state index < -0.39 is 0 Å². The summed E-state index contributed by atoms with van der Waals surface area (Å²) in [5, 5.41) is 5.02. The van der Waals surface area contributed by atoms with E-state index >= 15 is 0 Å². The molecule has 2 aromatic heterocycles. The molecule has 0 N–H and O–H groups in total. The summed E-state index contributed by atoms with van der Waals surface area (Å²) in [6.45, 7) is 0. The van der Waals surface area contributed by atoms with E-state index in [1.165, 1.54) is 66.1 Å². The largest absolute Gasteiger partial charge is 0.265 e. The van der Waals surface area contributed by atoms with Crippen LogP contribution in [-0.4, -0.2) is 9.97 Å². The van der Waals surface area contributed by atoms with Gasteiger partial charge in [-0.25, -0.2) is 0 Å². The minimum absolute atomic E-state index is 1.17. The van der Waals surface area contributed by atoms with E-state index in [1.807, 2.05) is 24.8 Å². The maximum Gasteiger partial charge on any atom is 0.0273 e. The van der Waals surface area contributed by atoms with E-state index in [2.05, 4.69) is 131 Å².